The first kappa shape index (κ1) is 8.76. The first-order valence-electron chi connectivity index (χ1n) is 3.94. The van der Waals surface area contributed by atoms with E-state index in [4.69, 9.17) is 10.00 Å². The molecule has 0 saturated carbocycles. The van der Waals surface area contributed by atoms with Crippen LogP contribution in [-0.2, 0) is 4.74 Å². The maximum absolute atomic E-state index is 8.74. The van der Waals surface area contributed by atoms with Crippen LogP contribution in [0, 0.1) is 11.3 Å². The second kappa shape index (κ2) is 4.53. The van der Waals surface area contributed by atoms with E-state index in [-0.39, 0.29) is 0 Å². The van der Waals surface area contributed by atoms with Gasteiger partial charge in [-0.25, -0.2) is 0 Å². The van der Waals surface area contributed by atoms with Gasteiger partial charge in [0.2, 0.25) is 0 Å². The molecule has 0 heterocycles. The van der Waals surface area contributed by atoms with Gasteiger partial charge in [0.05, 0.1) is 6.07 Å². The largest absolute Gasteiger partial charge is 0.359 e. The fourth-order valence-corrected chi connectivity index (χ4v) is 1.00. The van der Waals surface area contributed by atoms with Crippen LogP contribution in [0.1, 0.15) is 18.6 Å². The number of ether oxygens (including phenoxy) is 1. The molecule has 0 aliphatic carbocycles. The third-order valence-corrected chi connectivity index (χ3v) is 1.55. The van der Waals surface area contributed by atoms with E-state index in [0.717, 1.165) is 5.56 Å². The molecule has 1 atom stereocenters. The van der Waals surface area contributed by atoms with Gasteiger partial charge in [0.1, 0.15) is 0 Å². The van der Waals surface area contributed by atoms with Crippen molar-refractivity contribution < 1.29 is 4.74 Å². The molecule has 0 aliphatic heterocycles. The Kier molecular flexibility index (Phi) is 3.31. The Balaban J connectivity index is 2.75. The van der Waals surface area contributed by atoms with E-state index in [1.165, 1.54) is 0 Å². The molecule has 0 aromatic heterocycles. The lowest BCUT2D eigenvalue weighted by Gasteiger charge is -2.07. The highest BCUT2D eigenvalue weighted by atomic mass is 16.5. The Morgan fingerprint density at radius 1 is 1.42 bits per heavy atom. The molecule has 0 fully saturated rings. The van der Waals surface area contributed by atoms with E-state index >= 15 is 0 Å². The van der Waals surface area contributed by atoms with Crippen LogP contribution in [0.2, 0.25) is 0 Å². The summed E-state index contributed by atoms with van der Waals surface area (Å²) in [5, 5.41) is 8.74. The third kappa shape index (κ3) is 2.08. The fraction of sp³-hybridized carbons (Fsp3) is 0.300. The third-order valence-electron chi connectivity index (χ3n) is 1.55. The molecule has 1 unspecified atom stereocenters. The standard InChI is InChI=1S/C10H11NO/c1-2-12-10(8-11)9-6-4-3-5-7-9/h3-7,10H,2H2,1H3. The molecule has 2 heteroatoms. The normalized spacial score (nSPS) is 12.0. The van der Waals surface area contributed by atoms with Crippen molar-refractivity contribution in [3.8, 4) is 6.07 Å². The summed E-state index contributed by atoms with van der Waals surface area (Å²) in [5.41, 5.74) is 0.918. The fourth-order valence-electron chi connectivity index (χ4n) is 1.00. The number of nitrogens with zero attached hydrogens (tertiary/aromatic N) is 1. The SMILES string of the molecule is CCOC(C#N)c1ccccc1. The Morgan fingerprint density at radius 3 is 2.58 bits per heavy atom. The van der Waals surface area contributed by atoms with E-state index in [1.807, 2.05) is 37.3 Å². The topological polar surface area (TPSA) is 33.0 Å². The van der Waals surface area contributed by atoms with Gasteiger partial charge in [0.25, 0.3) is 0 Å². The van der Waals surface area contributed by atoms with Crippen molar-refractivity contribution in [3.05, 3.63) is 35.9 Å². The van der Waals surface area contributed by atoms with Gasteiger partial charge in [0, 0.05) is 6.61 Å². The van der Waals surface area contributed by atoms with Crippen molar-refractivity contribution in [2.45, 2.75) is 13.0 Å². The van der Waals surface area contributed by atoms with Crippen LogP contribution >= 0.6 is 0 Å². The molecule has 0 saturated heterocycles. The van der Waals surface area contributed by atoms with Gasteiger partial charge in [-0.1, -0.05) is 30.3 Å². The maximum atomic E-state index is 8.74. The molecule has 0 spiro atoms. The van der Waals surface area contributed by atoms with E-state index in [2.05, 4.69) is 6.07 Å². The number of benzene rings is 1. The number of rotatable bonds is 3. The summed E-state index contributed by atoms with van der Waals surface area (Å²) < 4.78 is 5.22. The van der Waals surface area contributed by atoms with E-state index in [0.29, 0.717) is 6.61 Å². The summed E-state index contributed by atoms with van der Waals surface area (Å²) in [7, 11) is 0. The highest BCUT2D eigenvalue weighted by molar-refractivity contribution is 5.21. The van der Waals surface area contributed by atoms with Crippen LogP contribution in [0.5, 0.6) is 0 Å². The summed E-state index contributed by atoms with van der Waals surface area (Å²) in [4.78, 5) is 0. The van der Waals surface area contributed by atoms with Crippen molar-refractivity contribution in [1.82, 2.24) is 0 Å². The quantitative estimate of drug-likeness (QED) is 0.681. The number of hydrogen-bond donors (Lipinski definition) is 0. The summed E-state index contributed by atoms with van der Waals surface area (Å²) in [6.07, 6.45) is -0.420. The lowest BCUT2D eigenvalue weighted by atomic mass is 10.1. The number of nitriles is 1. The average Bonchev–Trinajstić information content (AvgIpc) is 2.15. The predicted molar refractivity (Wildman–Crippen MR) is 46.4 cm³/mol. The Hall–Kier alpha value is -1.33. The molecule has 0 radical (unpaired) electrons. The first-order chi connectivity index (χ1) is 5.88. The van der Waals surface area contributed by atoms with Gasteiger partial charge in [-0.05, 0) is 12.5 Å². The first-order valence-corrected chi connectivity index (χ1v) is 3.94. The van der Waals surface area contributed by atoms with Crippen LogP contribution in [-0.4, -0.2) is 6.61 Å². The van der Waals surface area contributed by atoms with Crippen LogP contribution < -0.4 is 0 Å². The number of hydrogen-bond acceptors (Lipinski definition) is 2. The Bertz CT molecular complexity index is 263. The van der Waals surface area contributed by atoms with Gasteiger partial charge >= 0.3 is 0 Å². The smallest absolute Gasteiger partial charge is 0.169 e. The molecule has 62 valence electrons. The molecule has 0 N–H and O–H groups in total. The molecular weight excluding hydrogens is 150 g/mol. The minimum atomic E-state index is -0.420. The molecule has 0 aliphatic rings. The molecule has 0 amide bonds. The summed E-state index contributed by atoms with van der Waals surface area (Å²) in [6.45, 7) is 2.44. The second-order valence-electron chi connectivity index (χ2n) is 2.38. The van der Waals surface area contributed by atoms with Gasteiger partial charge in [-0.15, -0.1) is 0 Å². The predicted octanol–water partition coefficient (Wildman–Crippen LogP) is 2.29. The zero-order valence-electron chi connectivity index (χ0n) is 7.03. The minimum absolute atomic E-state index is 0.420. The Morgan fingerprint density at radius 2 is 2.08 bits per heavy atom. The molecule has 0 bridgehead atoms. The zero-order valence-corrected chi connectivity index (χ0v) is 7.03. The van der Waals surface area contributed by atoms with Crippen molar-refractivity contribution in [2.24, 2.45) is 0 Å². The molecule has 1 aromatic carbocycles. The lowest BCUT2D eigenvalue weighted by molar-refractivity contribution is 0.102. The highest BCUT2D eigenvalue weighted by Crippen LogP contribution is 2.14. The lowest BCUT2D eigenvalue weighted by Crippen LogP contribution is -2.00. The van der Waals surface area contributed by atoms with E-state index in [1.54, 1.807) is 0 Å². The molecule has 2 nitrogen and oxygen atoms in total. The van der Waals surface area contributed by atoms with Crippen LogP contribution in [0.25, 0.3) is 0 Å². The minimum Gasteiger partial charge on any atom is -0.359 e. The summed E-state index contributed by atoms with van der Waals surface area (Å²) in [5.74, 6) is 0. The van der Waals surface area contributed by atoms with Crippen molar-refractivity contribution in [3.63, 3.8) is 0 Å². The zero-order chi connectivity index (χ0) is 8.81. The van der Waals surface area contributed by atoms with Gasteiger partial charge < -0.3 is 4.74 Å². The molecular formula is C10H11NO. The van der Waals surface area contributed by atoms with Gasteiger partial charge in [0.15, 0.2) is 6.10 Å². The van der Waals surface area contributed by atoms with E-state index in [9.17, 15) is 0 Å². The van der Waals surface area contributed by atoms with Crippen molar-refractivity contribution in [2.75, 3.05) is 6.61 Å². The summed E-state index contributed by atoms with van der Waals surface area (Å²) in [6, 6.07) is 11.6. The van der Waals surface area contributed by atoms with Crippen molar-refractivity contribution >= 4 is 0 Å². The maximum Gasteiger partial charge on any atom is 0.169 e. The van der Waals surface area contributed by atoms with Crippen molar-refractivity contribution in [1.29, 1.82) is 5.26 Å². The molecule has 1 rings (SSSR count). The second-order valence-corrected chi connectivity index (χ2v) is 2.38. The molecule has 1 aromatic rings. The molecule has 12 heavy (non-hydrogen) atoms. The monoisotopic (exact) mass is 161 g/mol. The van der Waals surface area contributed by atoms with E-state index < -0.39 is 6.10 Å². The average molecular weight is 161 g/mol. The summed E-state index contributed by atoms with van der Waals surface area (Å²) >= 11 is 0. The Labute approximate surface area is 72.4 Å². The van der Waals surface area contributed by atoms with Crippen LogP contribution in [0.4, 0.5) is 0 Å². The highest BCUT2D eigenvalue weighted by Gasteiger charge is 2.07. The van der Waals surface area contributed by atoms with Gasteiger partial charge in [-0.2, -0.15) is 5.26 Å². The van der Waals surface area contributed by atoms with Crippen LogP contribution in [0.3, 0.4) is 0 Å². The van der Waals surface area contributed by atoms with Crippen LogP contribution in [0.15, 0.2) is 30.3 Å². The van der Waals surface area contributed by atoms with Gasteiger partial charge in [-0.3, -0.25) is 0 Å².